The van der Waals surface area contributed by atoms with Crippen molar-refractivity contribution in [3.8, 4) is 0 Å². The maximum atomic E-state index is 12.7. The van der Waals surface area contributed by atoms with Gasteiger partial charge in [0.1, 0.15) is 5.69 Å². The van der Waals surface area contributed by atoms with Crippen LogP contribution in [0.1, 0.15) is 36.2 Å². The number of piperidine rings is 3. The number of anilines is 1. The van der Waals surface area contributed by atoms with Crippen molar-refractivity contribution in [3.63, 3.8) is 0 Å². The van der Waals surface area contributed by atoms with Gasteiger partial charge in [0.15, 0.2) is 0 Å². The Hall–Kier alpha value is -1.66. The average molecular weight is 342 g/mol. The third kappa shape index (κ3) is 2.67. The van der Waals surface area contributed by atoms with Crippen LogP contribution in [0.4, 0.5) is 5.69 Å². The molecule has 0 aromatic carbocycles. The highest BCUT2D eigenvalue weighted by molar-refractivity contribution is 7.17. The normalized spacial score (nSPS) is 28.9. The molecule has 2 aromatic rings. The van der Waals surface area contributed by atoms with E-state index < -0.39 is 0 Å². The first kappa shape index (κ1) is 14.7. The number of aromatic nitrogens is 1. The molecule has 2 N–H and O–H groups in total. The zero-order valence-corrected chi connectivity index (χ0v) is 14.4. The number of carbonyl (C=O) groups is 1. The first-order valence-electron chi connectivity index (χ1n) is 8.93. The predicted molar refractivity (Wildman–Crippen MR) is 96.7 cm³/mol. The van der Waals surface area contributed by atoms with Gasteiger partial charge in [0.25, 0.3) is 5.91 Å². The Kier molecular flexibility index (Phi) is 3.49. The summed E-state index contributed by atoms with van der Waals surface area (Å²) in [6.45, 7) is 3.37. The van der Waals surface area contributed by atoms with Gasteiger partial charge in [-0.2, -0.15) is 0 Å². The van der Waals surface area contributed by atoms with Crippen LogP contribution in [-0.2, 0) is 0 Å². The SMILES string of the molecule is O=C(N[C@H]1CN2CCC1CC2)c1cc2c(NC3CC3)csc2cn1. The molecule has 1 atom stereocenters. The van der Waals surface area contributed by atoms with Crippen LogP contribution in [0.5, 0.6) is 0 Å². The molecule has 1 saturated carbocycles. The lowest BCUT2D eigenvalue weighted by molar-refractivity contribution is 0.0618. The Balaban J connectivity index is 1.36. The molecule has 2 aromatic heterocycles. The van der Waals surface area contributed by atoms with Crippen LogP contribution in [0.15, 0.2) is 17.6 Å². The van der Waals surface area contributed by atoms with Gasteiger partial charge in [0.2, 0.25) is 0 Å². The van der Waals surface area contributed by atoms with Crippen molar-refractivity contribution in [3.05, 3.63) is 23.3 Å². The number of rotatable bonds is 4. The summed E-state index contributed by atoms with van der Waals surface area (Å²) in [7, 11) is 0. The molecule has 0 radical (unpaired) electrons. The van der Waals surface area contributed by atoms with E-state index in [0.29, 0.717) is 17.7 Å². The van der Waals surface area contributed by atoms with Gasteiger partial charge in [-0.1, -0.05) is 0 Å². The summed E-state index contributed by atoms with van der Waals surface area (Å²) in [5.74, 6) is 0.607. The number of carbonyl (C=O) groups excluding carboxylic acids is 1. The lowest BCUT2D eigenvalue weighted by Gasteiger charge is -2.44. The topological polar surface area (TPSA) is 57.3 Å². The molecule has 6 heteroatoms. The van der Waals surface area contributed by atoms with E-state index in [0.717, 1.165) is 22.3 Å². The minimum atomic E-state index is -0.0285. The molecule has 5 heterocycles. The highest BCUT2D eigenvalue weighted by Crippen LogP contribution is 2.34. The van der Waals surface area contributed by atoms with E-state index in [1.54, 1.807) is 11.3 Å². The fraction of sp³-hybridized carbons (Fsp3) is 0.556. The maximum absolute atomic E-state index is 12.7. The van der Waals surface area contributed by atoms with Crippen molar-refractivity contribution in [1.82, 2.24) is 15.2 Å². The Morgan fingerprint density at radius 3 is 2.79 bits per heavy atom. The molecule has 1 amide bonds. The molecule has 24 heavy (non-hydrogen) atoms. The van der Waals surface area contributed by atoms with Gasteiger partial charge in [0, 0.05) is 35.6 Å². The van der Waals surface area contributed by atoms with Gasteiger partial charge in [0.05, 0.1) is 10.4 Å². The predicted octanol–water partition coefficient (Wildman–Crippen LogP) is 2.69. The summed E-state index contributed by atoms with van der Waals surface area (Å²) >= 11 is 1.69. The third-order valence-electron chi connectivity index (χ3n) is 5.60. The molecule has 3 aliphatic heterocycles. The minimum absolute atomic E-state index is 0.0285. The number of nitrogens with one attached hydrogen (secondary N) is 2. The van der Waals surface area contributed by atoms with Crippen molar-refractivity contribution in [2.75, 3.05) is 25.0 Å². The highest BCUT2D eigenvalue weighted by atomic mass is 32.1. The van der Waals surface area contributed by atoms with Crippen molar-refractivity contribution in [2.24, 2.45) is 5.92 Å². The van der Waals surface area contributed by atoms with E-state index in [1.807, 2.05) is 12.3 Å². The minimum Gasteiger partial charge on any atom is -0.381 e. The fourth-order valence-corrected chi connectivity index (χ4v) is 4.84. The number of hydrogen-bond acceptors (Lipinski definition) is 5. The molecule has 4 fully saturated rings. The molecule has 5 nitrogen and oxygen atoms in total. The zero-order chi connectivity index (χ0) is 16.1. The molecule has 126 valence electrons. The van der Waals surface area contributed by atoms with Crippen LogP contribution in [0.25, 0.3) is 10.1 Å². The van der Waals surface area contributed by atoms with Gasteiger partial charge >= 0.3 is 0 Å². The third-order valence-corrected chi connectivity index (χ3v) is 6.54. The van der Waals surface area contributed by atoms with Crippen molar-refractivity contribution >= 4 is 33.0 Å². The van der Waals surface area contributed by atoms with Crippen LogP contribution in [0.2, 0.25) is 0 Å². The highest BCUT2D eigenvalue weighted by Gasteiger charge is 2.35. The first-order valence-corrected chi connectivity index (χ1v) is 9.81. The molecular weight excluding hydrogens is 320 g/mol. The number of pyridine rings is 1. The van der Waals surface area contributed by atoms with E-state index in [2.05, 4.69) is 25.9 Å². The number of amides is 1. The van der Waals surface area contributed by atoms with Gasteiger partial charge in [-0.25, -0.2) is 4.98 Å². The van der Waals surface area contributed by atoms with Crippen molar-refractivity contribution < 1.29 is 4.79 Å². The van der Waals surface area contributed by atoms with Crippen LogP contribution >= 0.6 is 11.3 Å². The first-order chi connectivity index (χ1) is 11.8. The molecule has 0 spiro atoms. The Morgan fingerprint density at radius 2 is 2.08 bits per heavy atom. The molecular formula is C18H22N4OS. The number of thiophene rings is 1. The van der Waals surface area contributed by atoms with E-state index in [9.17, 15) is 4.79 Å². The number of nitrogens with zero attached hydrogens (tertiary/aromatic N) is 2. The molecule has 2 bridgehead atoms. The maximum Gasteiger partial charge on any atom is 0.270 e. The van der Waals surface area contributed by atoms with E-state index in [4.69, 9.17) is 0 Å². The van der Waals surface area contributed by atoms with Crippen LogP contribution in [-0.4, -0.2) is 47.5 Å². The second kappa shape index (κ2) is 5.70. The van der Waals surface area contributed by atoms with E-state index in [1.165, 1.54) is 38.8 Å². The summed E-state index contributed by atoms with van der Waals surface area (Å²) in [5, 5.41) is 10.1. The molecule has 4 aliphatic rings. The molecule has 1 aliphatic carbocycles. The summed E-state index contributed by atoms with van der Waals surface area (Å²) in [5.41, 5.74) is 1.69. The van der Waals surface area contributed by atoms with Gasteiger partial charge < -0.3 is 15.5 Å². The van der Waals surface area contributed by atoms with Crippen molar-refractivity contribution in [2.45, 2.75) is 37.8 Å². The van der Waals surface area contributed by atoms with Gasteiger partial charge in [-0.15, -0.1) is 11.3 Å². The van der Waals surface area contributed by atoms with Gasteiger partial charge in [-0.3, -0.25) is 4.79 Å². The largest absolute Gasteiger partial charge is 0.381 e. The lowest BCUT2D eigenvalue weighted by atomic mass is 9.84. The number of hydrogen-bond donors (Lipinski definition) is 2. The second-order valence-electron chi connectivity index (χ2n) is 7.35. The summed E-state index contributed by atoms with van der Waals surface area (Å²) in [6, 6.07) is 2.84. The lowest BCUT2D eigenvalue weighted by Crippen LogP contribution is -2.57. The van der Waals surface area contributed by atoms with Crippen LogP contribution in [0.3, 0.4) is 0 Å². The zero-order valence-electron chi connectivity index (χ0n) is 13.6. The van der Waals surface area contributed by atoms with Crippen molar-refractivity contribution in [1.29, 1.82) is 0 Å². The van der Waals surface area contributed by atoms with Crippen LogP contribution in [0, 0.1) is 5.92 Å². The quantitative estimate of drug-likeness (QED) is 0.897. The van der Waals surface area contributed by atoms with E-state index >= 15 is 0 Å². The standard InChI is InChI=1S/C18H22N4OS/c23-18(21-15-9-22-5-3-11(15)4-6-22)14-7-13-16(20-12-1-2-12)10-24-17(13)8-19-14/h7-8,10-12,15,20H,1-6,9H2,(H,21,23)/t15-/m0/s1. The van der Waals surface area contributed by atoms with Crippen LogP contribution < -0.4 is 10.6 Å². The smallest absolute Gasteiger partial charge is 0.270 e. The van der Waals surface area contributed by atoms with E-state index in [-0.39, 0.29) is 11.9 Å². The summed E-state index contributed by atoms with van der Waals surface area (Å²) in [6.07, 6.45) is 6.74. The summed E-state index contributed by atoms with van der Waals surface area (Å²) < 4.78 is 1.14. The Bertz CT molecular complexity index is 776. The Morgan fingerprint density at radius 1 is 1.25 bits per heavy atom. The molecule has 6 rings (SSSR count). The molecule has 0 unspecified atom stereocenters. The molecule has 3 saturated heterocycles. The number of fused-ring (bicyclic) bond motifs is 4. The Labute approximate surface area is 145 Å². The monoisotopic (exact) mass is 342 g/mol. The second-order valence-corrected chi connectivity index (χ2v) is 8.26. The summed E-state index contributed by atoms with van der Waals surface area (Å²) in [4.78, 5) is 19.5. The fourth-order valence-electron chi connectivity index (χ4n) is 3.99. The van der Waals surface area contributed by atoms with Gasteiger partial charge in [-0.05, 0) is 50.8 Å². The average Bonchev–Trinajstić information content (AvgIpc) is 3.35.